The van der Waals surface area contributed by atoms with Crippen LogP contribution < -0.4 is 4.74 Å². The van der Waals surface area contributed by atoms with Crippen LogP contribution in [0.4, 0.5) is 0 Å². The number of allylic oxidation sites excluding steroid dienone is 1. The highest BCUT2D eigenvalue weighted by molar-refractivity contribution is 6.19. The highest BCUT2D eigenvalue weighted by Gasteiger charge is 1.90. The highest BCUT2D eigenvalue weighted by Crippen LogP contribution is 2.13. The number of ether oxygens (including phenoxy) is 1. The minimum absolute atomic E-state index is 0.536. The maximum absolute atomic E-state index is 5.53. The van der Waals surface area contributed by atoms with Gasteiger partial charge in [-0.05, 0) is 17.7 Å². The van der Waals surface area contributed by atoms with Gasteiger partial charge < -0.3 is 4.74 Å². The van der Waals surface area contributed by atoms with E-state index in [4.69, 9.17) is 16.3 Å². The van der Waals surface area contributed by atoms with E-state index in [2.05, 4.69) is 6.58 Å². The van der Waals surface area contributed by atoms with Crippen LogP contribution in [0, 0.1) is 0 Å². The quantitative estimate of drug-likeness (QED) is 0.532. The first kappa shape index (κ1) is 10.9. The molecule has 0 radical (unpaired) electrons. The lowest BCUT2D eigenvalue weighted by Gasteiger charge is -2.02. The van der Waals surface area contributed by atoms with Gasteiger partial charge in [-0.15, -0.1) is 11.6 Å². The minimum Gasteiger partial charge on any atom is -0.490 e. The van der Waals surface area contributed by atoms with E-state index in [1.807, 2.05) is 36.4 Å². The van der Waals surface area contributed by atoms with Crippen molar-refractivity contribution >= 4 is 17.7 Å². The Morgan fingerprint density at radius 2 is 2.00 bits per heavy atom. The fourth-order valence-electron chi connectivity index (χ4n) is 1.01. The fraction of sp³-hybridized carbons (Fsp3) is 0.167. The predicted octanol–water partition coefficient (Wildman–Crippen LogP) is 3.50. The first-order chi connectivity index (χ1) is 6.86. The summed E-state index contributed by atoms with van der Waals surface area (Å²) in [5.74, 6) is 1.39. The van der Waals surface area contributed by atoms with Crippen LogP contribution in [0.3, 0.4) is 0 Å². The van der Waals surface area contributed by atoms with Crippen LogP contribution in [-0.2, 0) is 0 Å². The smallest absolute Gasteiger partial charge is 0.119 e. The molecule has 0 aliphatic carbocycles. The Morgan fingerprint density at radius 3 is 2.57 bits per heavy atom. The van der Waals surface area contributed by atoms with E-state index >= 15 is 0 Å². The Balaban J connectivity index is 2.58. The molecule has 14 heavy (non-hydrogen) atoms. The average Bonchev–Trinajstić information content (AvgIpc) is 2.25. The standard InChI is InChI=1S/C12H13ClO/c1-2-10-14-12-7-5-11(6-8-12)4-3-9-13/h2-8H,1,9-10H2. The van der Waals surface area contributed by atoms with Crippen molar-refractivity contribution in [2.24, 2.45) is 0 Å². The largest absolute Gasteiger partial charge is 0.490 e. The first-order valence-corrected chi connectivity index (χ1v) is 4.96. The van der Waals surface area contributed by atoms with Gasteiger partial charge in [0.2, 0.25) is 0 Å². The second kappa shape index (κ2) is 6.28. The van der Waals surface area contributed by atoms with Gasteiger partial charge in [0.05, 0.1) is 0 Å². The summed E-state index contributed by atoms with van der Waals surface area (Å²) < 4.78 is 5.35. The van der Waals surface area contributed by atoms with Crippen molar-refractivity contribution in [1.82, 2.24) is 0 Å². The van der Waals surface area contributed by atoms with Gasteiger partial charge in [-0.1, -0.05) is 36.9 Å². The van der Waals surface area contributed by atoms with Gasteiger partial charge in [0.25, 0.3) is 0 Å². The summed E-state index contributed by atoms with van der Waals surface area (Å²) in [6.45, 7) is 4.12. The number of alkyl halides is 1. The highest BCUT2D eigenvalue weighted by atomic mass is 35.5. The third-order valence-electron chi connectivity index (χ3n) is 1.65. The molecule has 0 bridgehead atoms. The molecule has 74 valence electrons. The van der Waals surface area contributed by atoms with Gasteiger partial charge in [-0.25, -0.2) is 0 Å². The molecule has 0 saturated carbocycles. The maximum atomic E-state index is 5.53. The molecular formula is C12H13ClO. The summed E-state index contributed by atoms with van der Waals surface area (Å²) in [6.07, 6.45) is 5.60. The summed E-state index contributed by atoms with van der Waals surface area (Å²) in [5.41, 5.74) is 1.12. The van der Waals surface area contributed by atoms with E-state index in [0.717, 1.165) is 11.3 Å². The number of halogens is 1. The second-order valence-corrected chi connectivity index (χ2v) is 3.03. The molecule has 1 nitrogen and oxygen atoms in total. The number of hydrogen-bond donors (Lipinski definition) is 0. The van der Waals surface area contributed by atoms with Crippen molar-refractivity contribution in [1.29, 1.82) is 0 Å². The third-order valence-corrected chi connectivity index (χ3v) is 1.83. The first-order valence-electron chi connectivity index (χ1n) is 4.43. The van der Waals surface area contributed by atoms with Crippen molar-refractivity contribution in [3.05, 3.63) is 48.6 Å². The lowest BCUT2D eigenvalue weighted by Crippen LogP contribution is -1.91. The zero-order chi connectivity index (χ0) is 10.2. The Hall–Kier alpha value is -1.21. The van der Waals surface area contributed by atoms with E-state index in [1.54, 1.807) is 6.08 Å². The fourth-order valence-corrected chi connectivity index (χ4v) is 1.10. The Bertz CT molecular complexity index is 301. The zero-order valence-electron chi connectivity index (χ0n) is 7.95. The molecule has 0 N–H and O–H groups in total. The zero-order valence-corrected chi connectivity index (χ0v) is 8.70. The molecule has 0 heterocycles. The van der Waals surface area contributed by atoms with Crippen LogP contribution in [-0.4, -0.2) is 12.5 Å². The van der Waals surface area contributed by atoms with Crippen LogP contribution in [0.1, 0.15) is 5.56 Å². The van der Waals surface area contributed by atoms with Crippen molar-refractivity contribution in [2.75, 3.05) is 12.5 Å². The Morgan fingerprint density at radius 1 is 1.29 bits per heavy atom. The van der Waals surface area contributed by atoms with Crippen molar-refractivity contribution in [3.8, 4) is 5.75 Å². The molecule has 0 fully saturated rings. The third kappa shape index (κ3) is 3.67. The van der Waals surface area contributed by atoms with Crippen LogP contribution in [0.15, 0.2) is 43.0 Å². The average molecular weight is 209 g/mol. The molecule has 0 amide bonds. The Kier molecular flexibility index (Phi) is 4.87. The van der Waals surface area contributed by atoms with Gasteiger partial charge in [0.15, 0.2) is 0 Å². The molecule has 1 aromatic rings. The van der Waals surface area contributed by atoms with Crippen molar-refractivity contribution < 1.29 is 4.74 Å². The SMILES string of the molecule is C=CCOc1ccc(C=CCCl)cc1. The summed E-state index contributed by atoms with van der Waals surface area (Å²) in [4.78, 5) is 0. The molecule has 1 aromatic carbocycles. The van der Waals surface area contributed by atoms with Crippen LogP contribution >= 0.6 is 11.6 Å². The monoisotopic (exact) mass is 208 g/mol. The van der Waals surface area contributed by atoms with Crippen molar-refractivity contribution in [2.45, 2.75) is 0 Å². The number of benzene rings is 1. The summed E-state index contributed by atoms with van der Waals surface area (Å²) in [5, 5.41) is 0. The summed E-state index contributed by atoms with van der Waals surface area (Å²) in [7, 11) is 0. The minimum atomic E-state index is 0.536. The molecule has 0 aliphatic heterocycles. The van der Waals surface area contributed by atoms with Crippen LogP contribution in [0.2, 0.25) is 0 Å². The predicted molar refractivity (Wildman–Crippen MR) is 61.9 cm³/mol. The lowest BCUT2D eigenvalue weighted by atomic mass is 10.2. The molecule has 0 atom stereocenters. The summed E-state index contributed by atoms with van der Waals surface area (Å²) >= 11 is 5.53. The van der Waals surface area contributed by atoms with Gasteiger partial charge in [0, 0.05) is 5.88 Å². The van der Waals surface area contributed by atoms with E-state index < -0.39 is 0 Å². The van der Waals surface area contributed by atoms with Crippen LogP contribution in [0.5, 0.6) is 5.75 Å². The molecule has 0 aromatic heterocycles. The van der Waals surface area contributed by atoms with Gasteiger partial charge in [0.1, 0.15) is 12.4 Å². The van der Waals surface area contributed by atoms with Crippen molar-refractivity contribution in [3.63, 3.8) is 0 Å². The van der Waals surface area contributed by atoms with E-state index in [9.17, 15) is 0 Å². The molecule has 1 rings (SSSR count). The topological polar surface area (TPSA) is 9.23 Å². The van der Waals surface area contributed by atoms with E-state index in [0.29, 0.717) is 12.5 Å². The number of hydrogen-bond acceptors (Lipinski definition) is 1. The summed E-state index contributed by atoms with van der Waals surface area (Å²) in [6, 6.07) is 7.83. The van der Waals surface area contributed by atoms with Crippen LogP contribution in [0.25, 0.3) is 6.08 Å². The van der Waals surface area contributed by atoms with E-state index in [-0.39, 0.29) is 0 Å². The maximum Gasteiger partial charge on any atom is 0.119 e. The van der Waals surface area contributed by atoms with Gasteiger partial charge >= 0.3 is 0 Å². The molecule has 0 saturated heterocycles. The molecule has 0 aliphatic rings. The molecule has 2 heteroatoms. The molecule has 0 unspecified atom stereocenters. The van der Waals surface area contributed by atoms with Gasteiger partial charge in [-0.3, -0.25) is 0 Å². The van der Waals surface area contributed by atoms with Gasteiger partial charge in [-0.2, -0.15) is 0 Å². The normalized spacial score (nSPS) is 10.4. The molecule has 0 spiro atoms. The Labute approximate surface area is 89.7 Å². The number of rotatable bonds is 5. The lowest BCUT2D eigenvalue weighted by molar-refractivity contribution is 0.363. The van der Waals surface area contributed by atoms with E-state index in [1.165, 1.54) is 0 Å². The second-order valence-electron chi connectivity index (χ2n) is 2.73. The molecular weight excluding hydrogens is 196 g/mol.